The number of pyridine rings is 1. The van der Waals surface area contributed by atoms with Crippen LogP contribution in [0.5, 0.6) is 0 Å². The van der Waals surface area contributed by atoms with E-state index >= 15 is 0 Å². The molecule has 2 aliphatic rings. The third-order valence-electron chi connectivity index (χ3n) is 6.81. The fourth-order valence-corrected chi connectivity index (χ4v) is 5.18. The van der Waals surface area contributed by atoms with Gasteiger partial charge in [0.2, 0.25) is 11.8 Å². The van der Waals surface area contributed by atoms with Crippen molar-refractivity contribution < 1.29 is 14.7 Å². The molecule has 0 unspecified atom stereocenters. The Morgan fingerprint density at radius 1 is 1.06 bits per heavy atom. The molecule has 2 aromatic carbocycles. The van der Waals surface area contributed by atoms with E-state index in [9.17, 15) is 14.7 Å². The molecule has 0 radical (unpaired) electrons. The molecule has 1 N–H and O–H groups in total. The summed E-state index contributed by atoms with van der Waals surface area (Å²) in [7, 11) is 0. The molecule has 6 heteroatoms. The van der Waals surface area contributed by atoms with Crippen LogP contribution in [0.3, 0.4) is 0 Å². The number of aryl methyl sites for hydroxylation is 1. The van der Waals surface area contributed by atoms with Crippen LogP contribution in [0.4, 0.5) is 0 Å². The number of aromatic nitrogens is 1. The number of hydrogen-bond acceptors (Lipinski definition) is 4. The molecule has 2 fully saturated rings. The average Bonchev–Trinajstić information content (AvgIpc) is 2.81. The Balaban J connectivity index is 1.35. The molecule has 3 aromatic rings. The van der Waals surface area contributed by atoms with Crippen LogP contribution in [-0.2, 0) is 16.0 Å². The highest BCUT2D eigenvalue weighted by molar-refractivity contribution is 5.88. The molecule has 168 valence electrons. The largest absolute Gasteiger partial charge is 0.394 e. The maximum Gasteiger partial charge on any atom is 0.242 e. The highest BCUT2D eigenvalue weighted by Crippen LogP contribution is 2.43. The molecular formula is C27H27N3O3. The van der Waals surface area contributed by atoms with Crippen molar-refractivity contribution >= 4 is 11.8 Å². The highest BCUT2D eigenvalue weighted by Gasteiger charge is 2.54. The van der Waals surface area contributed by atoms with Crippen molar-refractivity contribution in [1.82, 2.24) is 14.8 Å². The van der Waals surface area contributed by atoms with E-state index < -0.39 is 0 Å². The molecule has 2 aliphatic heterocycles. The number of nitrogens with zero attached hydrogens (tertiary/aromatic N) is 3. The van der Waals surface area contributed by atoms with Gasteiger partial charge in [0.15, 0.2) is 0 Å². The lowest BCUT2D eigenvalue weighted by Crippen LogP contribution is -2.73. The van der Waals surface area contributed by atoms with Gasteiger partial charge < -0.3 is 14.9 Å². The van der Waals surface area contributed by atoms with Crippen LogP contribution >= 0.6 is 0 Å². The van der Waals surface area contributed by atoms with Crippen molar-refractivity contribution in [1.29, 1.82) is 0 Å². The summed E-state index contributed by atoms with van der Waals surface area (Å²) < 4.78 is 0. The van der Waals surface area contributed by atoms with Gasteiger partial charge in [-0.15, -0.1) is 0 Å². The minimum absolute atomic E-state index is 0.00374. The number of fused-ring (bicyclic) bond motifs is 1. The first-order valence-corrected chi connectivity index (χ1v) is 11.3. The lowest BCUT2D eigenvalue weighted by atomic mass is 9.73. The number of amides is 2. The molecule has 3 heterocycles. The predicted octanol–water partition coefficient (Wildman–Crippen LogP) is 2.80. The van der Waals surface area contributed by atoms with Crippen molar-refractivity contribution in [2.75, 3.05) is 19.7 Å². The van der Waals surface area contributed by atoms with E-state index in [1.807, 2.05) is 24.3 Å². The second kappa shape index (κ2) is 8.79. The molecular weight excluding hydrogens is 414 g/mol. The van der Waals surface area contributed by atoms with Gasteiger partial charge in [-0.25, -0.2) is 0 Å². The fourth-order valence-electron chi connectivity index (χ4n) is 5.18. The normalized spacial score (nSPS) is 22.0. The molecule has 0 saturated carbocycles. The number of rotatable bonds is 5. The number of benzene rings is 2. The van der Waals surface area contributed by atoms with Crippen LogP contribution in [0.2, 0.25) is 0 Å². The van der Waals surface area contributed by atoms with Gasteiger partial charge in [0, 0.05) is 24.4 Å². The van der Waals surface area contributed by atoms with Crippen LogP contribution < -0.4 is 0 Å². The monoisotopic (exact) mass is 441 g/mol. The van der Waals surface area contributed by atoms with Crippen molar-refractivity contribution in [3.05, 3.63) is 89.7 Å². The topological polar surface area (TPSA) is 73.7 Å². The standard InChI is InChI=1S/C27H27N3O3/c1-18-5-4-6-21(13-18)19-8-10-20(11-9-19)27-23-15-29(16-26(33)30(23)24(27)17-31)25(32)14-22-7-2-3-12-28-22/h2-13,23-24,27,31H,14-17H2,1H3/t23-,24+,27-/m0/s1. The SMILES string of the molecule is Cc1cccc(-c2ccc([C@@H]3[C@@H](CO)N4C(=O)CN(C(=O)Cc5ccccn5)C[C@@H]34)cc2)c1. The first-order chi connectivity index (χ1) is 16.0. The van der Waals surface area contributed by atoms with E-state index in [2.05, 4.69) is 54.4 Å². The quantitative estimate of drug-likeness (QED) is 0.661. The number of hydrogen-bond donors (Lipinski definition) is 1. The second-order valence-electron chi connectivity index (χ2n) is 8.91. The van der Waals surface area contributed by atoms with Crippen molar-refractivity contribution in [2.45, 2.75) is 31.3 Å². The molecule has 2 saturated heterocycles. The Kier molecular flexibility index (Phi) is 5.68. The van der Waals surface area contributed by atoms with Crippen molar-refractivity contribution in [3.63, 3.8) is 0 Å². The van der Waals surface area contributed by atoms with E-state index in [4.69, 9.17) is 0 Å². The minimum Gasteiger partial charge on any atom is -0.394 e. The van der Waals surface area contributed by atoms with Crippen LogP contribution in [-0.4, -0.2) is 63.5 Å². The zero-order valence-corrected chi connectivity index (χ0v) is 18.6. The first-order valence-electron chi connectivity index (χ1n) is 11.3. The van der Waals surface area contributed by atoms with Crippen LogP contribution in [0, 0.1) is 6.92 Å². The third kappa shape index (κ3) is 4.02. The summed E-state index contributed by atoms with van der Waals surface area (Å²) in [6, 6.07) is 21.8. The van der Waals surface area contributed by atoms with Crippen molar-refractivity contribution in [2.24, 2.45) is 0 Å². The number of carbonyl (C=O) groups is 2. The number of piperazine rings is 1. The summed E-state index contributed by atoms with van der Waals surface area (Å²) in [5, 5.41) is 10.0. The summed E-state index contributed by atoms with van der Waals surface area (Å²) in [5.74, 6) is -0.203. The molecule has 1 aromatic heterocycles. The van der Waals surface area contributed by atoms with Gasteiger partial charge in [-0.05, 0) is 35.7 Å². The van der Waals surface area contributed by atoms with Gasteiger partial charge in [0.1, 0.15) is 0 Å². The zero-order valence-electron chi connectivity index (χ0n) is 18.6. The average molecular weight is 442 g/mol. The lowest BCUT2D eigenvalue weighted by molar-refractivity contribution is -0.166. The van der Waals surface area contributed by atoms with Gasteiger partial charge in [-0.2, -0.15) is 0 Å². The summed E-state index contributed by atoms with van der Waals surface area (Å²) in [6.07, 6.45) is 1.85. The van der Waals surface area contributed by atoms with Gasteiger partial charge in [0.25, 0.3) is 0 Å². The number of carbonyl (C=O) groups excluding carboxylic acids is 2. The fraction of sp³-hybridized carbons (Fsp3) is 0.296. The predicted molar refractivity (Wildman–Crippen MR) is 125 cm³/mol. The van der Waals surface area contributed by atoms with E-state index in [1.54, 1.807) is 16.0 Å². The Hall–Kier alpha value is -3.51. The highest BCUT2D eigenvalue weighted by atomic mass is 16.3. The van der Waals surface area contributed by atoms with Gasteiger partial charge in [-0.1, -0.05) is 60.2 Å². The Labute approximate surface area is 193 Å². The van der Waals surface area contributed by atoms with E-state index in [0.717, 1.165) is 16.7 Å². The minimum atomic E-state index is -0.250. The van der Waals surface area contributed by atoms with E-state index in [-0.39, 0.29) is 49.4 Å². The first kappa shape index (κ1) is 21.3. The zero-order chi connectivity index (χ0) is 22.9. The van der Waals surface area contributed by atoms with Gasteiger partial charge >= 0.3 is 0 Å². The number of aliphatic hydroxyl groups excluding tert-OH is 1. The summed E-state index contributed by atoms with van der Waals surface area (Å²) >= 11 is 0. The van der Waals surface area contributed by atoms with Crippen LogP contribution in [0.1, 0.15) is 22.7 Å². The maximum atomic E-state index is 12.9. The van der Waals surface area contributed by atoms with Gasteiger partial charge in [-0.3, -0.25) is 14.6 Å². The molecule has 0 bridgehead atoms. The van der Waals surface area contributed by atoms with Crippen LogP contribution in [0.15, 0.2) is 72.9 Å². The Bertz CT molecular complexity index is 1160. The summed E-state index contributed by atoms with van der Waals surface area (Å²) in [4.78, 5) is 33.4. The molecule has 3 atom stereocenters. The smallest absolute Gasteiger partial charge is 0.242 e. The molecule has 2 amide bonds. The van der Waals surface area contributed by atoms with E-state index in [1.165, 1.54) is 5.56 Å². The van der Waals surface area contributed by atoms with Crippen molar-refractivity contribution in [3.8, 4) is 11.1 Å². The lowest BCUT2D eigenvalue weighted by Gasteiger charge is -2.58. The molecule has 5 rings (SSSR count). The molecule has 0 aliphatic carbocycles. The molecule has 0 spiro atoms. The summed E-state index contributed by atoms with van der Waals surface area (Å²) in [5.41, 5.74) is 5.28. The Morgan fingerprint density at radius 2 is 1.88 bits per heavy atom. The Morgan fingerprint density at radius 3 is 2.58 bits per heavy atom. The van der Waals surface area contributed by atoms with Gasteiger partial charge in [0.05, 0.1) is 31.7 Å². The maximum absolute atomic E-state index is 12.9. The molecule has 33 heavy (non-hydrogen) atoms. The summed E-state index contributed by atoms with van der Waals surface area (Å²) in [6.45, 7) is 2.51. The van der Waals surface area contributed by atoms with Crippen LogP contribution in [0.25, 0.3) is 11.1 Å². The van der Waals surface area contributed by atoms with E-state index in [0.29, 0.717) is 12.2 Å². The number of aliphatic hydroxyl groups is 1. The molecule has 6 nitrogen and oxygen atoms in total. The third-order valence-corrected chi connectivity index (χ3v) is 6.81. The second-order valence-corrected chi connectivity index (χ2v) is 8.91.